The highest BCUT2D eigenvalue weighted by molar-refractivity contribution is 5.86. The van der Waals surface area contributed by atoms with Crippen LogP contribution < -0.4 is 5.73 Å². The zero-order chi connectivity index (χ0) is 13.3. The van der Waals surface area contributed by atoms with Crippen molar-refractivity contribution in [2.45, 2.75) is 26.3 Å². The highest BCUT2D eigenvalue weighted by atomic mass is 16.4. The number of benzene rings is 1. The number of fused-ring (bicyclic) bond motifs is 1. The van der Waals surface area contributed by atoms with Gasteiger partial charge in [0.15, 0.2) is 0 Å². The van der Waals surface area contributed by atoms with E-state index in [2.05, 4.69) is 4.98 Å². The molecule has 2 aromatic rings. The quantitative estimate of drug-likeness (QED) is 0.775. The van der Waals surface area contributed by atoms with Crippen molar-refractivity contribution in [2.75, 3.05) is 0 Å². The molecule has 2 rings (SSSR count). The minimum absolute atomic E-state index is 0.483. The van der Waals surface area contributed by atoms with Crippen LogP contribution in [0.2, 0.25) is 0 Å². The van der Waals surface area contributed by atoms with Crippen LogP contribution in [0.25, 0.3) is 10.9 Å². The van der Waals surface area contributed by atoms with Crippen LogP contribution in [-0.4, -0.2) is 16.1 Å². The van der Waals surface area contributed by atoms with E-state index in [1.807, 2.05) is 38.1 Å². The molecule has 0 amide bonds. The number of nitrogens with two attached hydrogens (primary N) is 1. The van der Waals surface area contributed by atoms with E-state index < -0.39 is 17.9 Å². The number of hydrogen-bond donors (Lipinski definition) is 3. The highest BCUT2D eigenvalue weighted by Gasteiger charge is 2.27. The molecule has 0 spiro atoms. The number of hydrogen-bond acceptors (Lipinski definition) is 2. The van der Waals surface area contributed by atoms with E-state index in [1.165, 1.54) is 0 Å². The molecule has 0 aliphatic rings. The molecule has 0 aliphatic carbocycles. The lowest BCUT2D eigenvalue weighted by Gasteiger charge is -2.19. The van der Waals surface area contributed by atoms with Crippen LogP contribution in [0.5, 0.6) is 0 Å². The van der Waals surface area contributed by atoms with E-state index in [-0.39, 0.29) is 0 Å². The van der Waals surface area contributed by atoms with E-state index >= 15 is 0 Å². The summed E-state index contributed by atoms with van der Waals surface area (Å²) < 4.78 is 0. The highest BCUT2D eigenvalue weighted by Crippen LogP contribution is 2.31. The average Bonchev–Trinajstić information content (AvgIpc) is 2.64. The van der Waals surface area contributed by atoms with Crippen LogP contribution >= 0.6 is 0 Å². The van der Waals surface area contributed by atoms with Crippen molar-refractivity contribution < 1.29 is 9.90 Å². The SMILES string of the molecule is CCC(C(=O)O)C(N)c1c(C)[nH]c2ccccc12. The van der Waals surface area contributed by atoms with Gasteiger partial charge in [-0.25, -0.2) is 0 Å². The Labute approximate surface area is 106 Å². The molecule has 0 aliphatic heterocycles. The largest absolute Gasteiger partial charge is 0.481 e. The lowest BCUT2D eigenvalue weighted by Crippen LogP contribution is -2.28. The molecule has 0 bridgehead atoms. The molecule has 0 radical (unpaired) electrons. The van der Waals surface area contributed by atoms with Crippen LogP contribution in [0.4, 0.5) is 0 Å². The molecule has 0 saturated heterocycles. The van der Waals surface area contributed by atoms with Gasteiger partial charge >= 0.3 is 5.97 Å². The van der Waals surface area contributed by atoms with Gasteiger partial charge in [0.05, 0.1) is 5.92 Å². The molecule has 0 fully saturated rings. The molecule has 96 valence electrons. The number of aryl methyl sites for hydroxylation is 1. The summed E-state index contributed by atoms with van der Waals surface area (Å²) in [4.78, 5) is 14.5. The molecule has 2 atom stereocenters. The van der Waals surface area contributed by atoms with Gasteiger partial charge in [-0.2, -0.15) is 0 Å². The average molecular weight is 246 g/mol. The van der Waals surface area contributed by atoms with Crippen LogP contribution in [0.15, 0.2) is 24.3 Å². The summed E-state index contributed by atoms with van der Waals surface area (Å²) in [5, 5.41) is 10.2. The van der Waals surface area contributed by atoms with Crippen molar-refractivity contribution in [1.29, 1.82) is 0 Å². The van der Waals surface area contributed by atoms with Crippen molar-refractivity contribution in [2.24, 2.45) is 11.7 Å². The molecule has 4 heteroatoms. The van der Waals surface area contributed by atoms with E-state index in [4.69, 9.17) is 5.73 Å². The fourth-order valence-corrected chi connectivity index (χ4v) is 2.51. The van der Waals surface area contributed by atoms with E-state index in [0.717, 1.165) is 22.2 Å². The summed E-state index contributed by atoms with van der Waals surface area (Å²) in [6.07, 6.45) is 0.523. The molecule has 0 saturated carbocycles. The monoisotopic (exact) mass is 246 g/mol. The first-order valence-corrected chi connectivity index (χ1v) is 6.11. The van der Waals surface area contributed by atoms with Gasteiger partial charge in [-0.1, -0.05) is 25.1 Å². The number of carboxylic acid groups (broad SMARTS) is 1. The first-order chi connectivity index (χ1) is 8.56. The number of aromatic amines is 1. The molecule has 4 N–H and O–H groups in total. The number of aromatic nitrogens is 1. The Bertz CT molecular complexity index is 574. The summed E-state index contributed by atoms with van der Waals surface area (Å²) in [6, 6.07) is 7.35. The maximum absolute atomic E-state index is 11.2. The zero-order valence-corrected chi connectivity index (χ0v) is 10.6. The maximum atomic E-state index is 11.2. The third kappa shape index (κ3) is 1.99. The van der Waals surface area contributed by atoms with Gasteiger partial charge in [-0.3, -0.25) is 4.79 Å². The molecular formula is C14H18N2O2. The number of nitrogens with one attached hydrogen (secondary N) is 1. The van der Waals surface area contributed by atoms with Crippen LogP contribution in [0.1, 0.15) is 30.6 Å². The van der Waals surface area contributed by atoms with Crippen molar-refractivity contribution in [3.05, 3.63) is 35.5 Å². The number of para-hydroxylation sites is 1. The van der Waals surface area contributed by atoms with Gasteiger partial charge in [0, 0.05) is 22.6 Å². The smallest absolute Gasteiger partial charge is 0.308 e. The summed E-state index contributed by atoms with van der Waals surface area (Å²) in [5.74, 6) is -1.39. The zero-order valence-electron chi connectivity index (χ0n) is 10.6. The molecule has 1 aromatic heterocycles. The second-order valence-electron chi connectivity index (χ2n) is 4.59. The van der Waals surface area contributed by atoms with Crippen LogP contribution in [-0.2, 0) is 4.79 Å². The van der Waals surface area contributed by atoms with Crippen molar-refractivity contribution >= 4 is 16.9 Å². The van der Waals surface area contributed by atoms with Gasteiger partial charge < -0.3 is 15.8 Å². The Morgan fingerprint density at radius 1 is 1.44 bits per heavy atom. The summed E-state index contributed by atoms with van der Waals surface area (Å²) in [6.45, 7) is 3.78. The maximum Gasteiger partial charge on any atom is 0.308 e. The molecule has 1 aromatic carbocycles. The Balaban J connectivity index is 2.53. The Morgan fingerprint density at radius 3 is 2.72 bits per heavy atom. The van der Waals surface area contributed by atoms with Gasteiger partial charge in [-0.05, 0) is 25.0 Å². The lowest BCUT2D eigenvalue weighted by atomic mass is 9.90. The van der Waals surface area contributed by atoms with E-state index in [9.17, 15) is 9.90 Å². The molecule has 18 heavy (non-hydrogen) atoms. The summed E-state index contributed by atoms with van der Waals surface area (Å²) in [7, 11) is 0. The number of H-pyrrole nitrogens is 1. The van der Waals surface area contributed by atoms with Crippen LogP contribution in [0, 0.1) is 12.8 Å². The second-order valence-corrected chi connectivity index (χ2v) is 4.59. The Morgan fingerprint density at radius 2 is 2.11 bits per heavy atom. The summed E-state index contributed by atoms with van der Waals surface area (Å²) >= 11 is 0. The van der Waals surface area contributed by atoms with Crippen molar-refractivity contribution in [1.82, 2.24) is 4.98 Å². The van der Waals surface area contributed by atoms with Gasteiger partial charge in [-0.15, -0.1) is 0 Å². The first kappa shape index (κ1) is 12.6. The number of rotatable bonds is 4. The predicted octanol–water partition coefficient (Wildman–Crippen LogP) is 2.59. The fraction of sp³-hybridized carbons (Fsp3) is 0.357. The normalized spacial score (nSPS) is 14.6. The minimum atomic E-state index is -0.838. The van der Waals surface area contributed by atoms with Crippen molar-refractivity contribution in [3.63, 3.8) is 0 Å². The topological polar surface area (TPSA) is 79.1 Å². The minimum Gasteiger partial charge on any atom is -0.481 e. The third-order valence-electron chi connectivity index (χ3n) is 3.47. The first-order valence-electron chi connectivity index (χ1n) is 6.11. The van der Waals surface area contributed by atoms with Gasteiger partial charge in [0.25, 0.3) is 0 Å². The Hall–Kier alpha value is -1.81. The molecule has 2 unspecified atom stereocenters. The van der Waals surface area contributed by atoms with Crippen LogP contribution in [0.3, 0.4) is 0 Å². The van der Waals surface area contributed by atoms with Gasteiger partial charge in [0.1, 0.15) is 0 Å². The predicted molar refractivity (Wildman–Crippen MR) is 71.4 cm³/mol. The Kier molecular flexibility index (Phi) is 3.39. The van der Waals surface area contributed by atoms with E-state index in [0.29, 0.717) is 6.42 Å². The second kappa shape index (κ2) is 4.82. The van der Waals surface area contributed by atoms with Gasteiger partial charge in [0.2, 0.25) is 0 Å². The number of carboxylic acids is 1. The number of aliphatic carboxylic acids is 1. The molecule has 1 heterocycles. The standard InChI is InChI=1S/C14H18N2O2/c1-3-9(14(17)18)13(15)12-8(2)16-11-7-5-4-6-10(11)12/h4-7,9,13,16H,3,15H2,1-2H3,(H,17,18). The van der Waals surface area contributed by atoms with Crippen molar-refractivity contribution in [3.8, 4) is 0 Å². The molecular weight excluding hydrogens is 228 g/mol. The number of carbonyl (C=O) groups is 1. The lowest BCUT2D eigenvalue weighted by molar-refractivity contribution is -0.142. The molecule has 4 nitrogen and oxygen atoms in total. The van der Waals surface area contributed by atoms with E-state index in [1.54, 1.807) is 0 Å². The summed E-state index contributed by atoms with van der Waals surface area (Å²) in [5.41, 5.74) is 9.03. The fourth-order valence-electron chi connectivity index (χ4n) is 2.51. The third-order valence-corrected chi connectivity index (χ3v) is 3.47.